The van der Waals surface area contributed by atoms with Gasteiger partial charge in [-0.05, 0) is 73.9 Å². The van der Waals surface area contributed by atoms with Gasteiger partial charge in [-0.15, -0.1) is 0 Å². The van der Waals surface area contributed by atoms with E-state index in [0.29, 0.717) is 22.4 Å². The number of aliphatic hydroxyl groups is 3. The molecule has 0 amide bonds. The van der Waals surface area contributed by atoms with E-state index >= 15 is 0 Å². The molecule has 1 aliphatic carbocycles. The average molecular weight is 545 g/mol. The summed E-state index contributed by atoms with van der Waals surface area (Å²) in [6.07, 6.45) is 2.78. The Morgan fingerprint density at radius 2 is 1.18 bits per heavy atom. The highest BCUT2D eigenvalue weighted by Crippen LogP contribution is 2.31. The molecule has 3 rings (SSSR count). The Balaban J connectivity index is -0.000000217. The third-order valence-electron chi connectivity index (χ3n) is 4.62. The molecule has 0 saturated carbocycles. The molecule has 38 heavy (non-hydrogen) atoms. The molecular formula is C25H36O13-2. The minimum Gasteiger partial charge on any atom is -0.870 e. The summed E-state index contributed by atoms with van der Waals surface area (Å²) < 4.78 is 4.91. The van der Waals surface area contributed by atoms with E-state index in [1.54, 1.807) is 32.0 Å². The predicted molar refractivity (Wildman–Crippen MR) is 136 cm³/mol. The summed E-state index contributed by atoms with van der Waals surface area (Å²) in [4.78, 5) is 21.7. The van der Waals surface area contributed by atoms with Crippen LogP contribution in [0, 0.1) is 13.8 Å². The number of carbonyl (C=O) groups is 2. The van der Waals surface area contributed by atoms with Gasteiger partial charge in [0.15, 0.2) is 23.0 Å². The standard InChI is InChI=1S/C9H12O3.C8H10O3.C8H8O3.4H2O/c1-6-3-7(5-10)9(11)8(4-6)12-2;2*1-5-2-6(4-9)8(11)7(10)3-5;;;;/h3-4,10-11H,5H2,1-2H3;2-3,9-11H,4H2,1H3;2-3,9H,4H2,1H3;4*1H2/p-2. The zero-order valence-electron chi connectivity index (χ0n) is 21.4. The highest BCUT2D eigenvalue weighted by atomic mass is 16.5. The van der Waals surface area contributed by atoms with Crippen LogP contribution >= 0.6 is 0 Å². The summed E-state index contributed by atoms with van der Waals surface area (Å²) in [7, 11) is 1.48. The lowest BCUT2D eigenvalue weighted by Crippen LogP contribution is -2.19. The average Bonchev–Trinajstić information content (AvgIpc) is 2.80. The van der Waals surface area contributed by atoms with Crippen LogP contribution in [0.4, 0.5) is 0 Å². The summed E-state index contributed by atoms with van der Waals surface area (Å²) in [6, 6.07) is 6.50. The number of rotatable bonds is 4. The monoisotopic (exact) mass is 544 g/mol. The highest BCUT2D eigenvalue weighted by Gasteiger charge is 2.19. The smallest absolute Gasteiger partial charge is 0.231 e. The fourth-order valence-corrected chi connectivity index (χ4v) is 2.98. The van der Waals surface area contributed by atoms with Crippen molar-refractivity contribution in [3.8, 4) is 23.0 Å². The summed E-state index contributed by atoms with van der Waals surface area (Å²) in [6.45, 7) is 4.56. The lowest BCUT2D eigenvalue weighted by molar-refractivity contribution is -0.131. The first-order valence-electron chi connectivity index (χ1n) is 10.2. The number of hydrogen-bond donors (Lipinski definition) is 6. The number of aromatic hydroxyl groups is 3. The molecule has 0 atom stereocenters. The Morgan fingerprint density at radius 1 is 0.711 bits per heavy atom. The SMILES string of the molecule is CC1=CC(=O)C(=O)C(CO)=C1.COc1cc(C)cc(CO)c1O.Cc1cc(O)c(O)c(CO)c1.O.O.[OH-].[OH-]. The van der Waals surface area contributed by atoms with Gasteiger partial charge in [-0.2, -0.15) is 0 Å². The number of Topliss-reactive ketones (excluding diaryl/α,β-unsaturated/α-hetero) is 1. The van der Waals surface area contributed by atoms with Gasteiger partial charge in [0.25, 0.3) is 0 Å². The zero-order valence-corrected chi connectivity index (χ0v) is 21.4. The Bertz CT molecular complexity index is 1080. The van der Waals surface area contributed by atoms with Gasteiger partial charge in [-0.3, -0.25) is 9.59 Å². The van der Waals surface area contributed by atoms with Crippen molar-refractivity contribution in [3.63, 3.8) is 0 Å². The van der Waals surface area contributed by atoms with Gasteiger partial charge in [0.1, 0.15) is 0 Å². The molecular weight excluding hydrogens is 508 g/mol. The maximum atomic E-state index is 10.9. The number of aliphatic hydroxyl groups excluding tert-OH is 3. The van der Waals surface area contributed by atoms with E-state index in [0.717, 1.165) is 11.1 Å². The predicted octanol–water partition coefficient (Wildman–Crippen LogP) is 0.100. The van der Waals surface area contributed by atoms with Crippen LogP contribution in [0.2, 0.25) is 0 Å². The van der Waals surface area contributed by atoms with Gasteiger partial charge in [0.2, 0.25) is 11.6 Å². The third-order valence-corrected chi connectivity index (χ3v) is 4.62. The Labute approximate surface area is 219 Å². The van der Waals surface area contributed by atoms with Gasteiger partial charge >= 0.3 is 0 Å². The van der Waals surface area contributed by atoms with Crippen LogP contribution in [0.1, 0.15) is 29.2 Å². The van der Waals surface area contributed by atoms with E-state index in [2.05, 4.69) is 0 Å². The molecule has 0 radical (unpaired) electrons. The van der Waals surface area contributed by atoms with Crippen molar-refractivity contribution in [2.75, 3.05) is 13.7 Å². The second kappa shape index (κ2) is 19.3. The largest absolute Gasteiger partial charge is 0.870 e. The number of carbonyl (C=O) groups excluding carboxylic acids is 2. The maximum absolute atomic E-state index is 10.9. The second-order valence-electron chi connectivity index (χ2n) is 7.49. The summed E-state index contributed by atoms with van der Waals surface area (Å²) >= 11 is 0. The highest BCUT2D eigenvalue weighted by molar-refractivity contribution is 6.48. The number of hydrogen-bond acceptors (Lipinski definition) is 11. The minimum atomic E-state index is -0.599. The first kappa shape index (κ1) is 41.3. The van der Waals surface area contributed by atoms with Crippen LogP contribution in [-0.2, 0) is 22.8 Å². The van der Waals surface area contributed by atoms with Crippen LogP contribution in [0.3, 0.4) is 0 Å². The number of phenolic OH excluding ortho intramolecular Hbond substituents is 1. The van der Waals surface area contributed by atoms with E-state index in [-0.39, 0.29) is 64.5 Å². The number of aryl methyl sites for hydroxylation is 2. The van der Waals surface area contributed by atoms with Crippen molar-refractivity contribution >= 4 is 11.6 Å². The van der Waals surface area contributed by atoms with E-state index in [1.165, 1.54) is 25.3 Å². The molecule has 216 valence electrons. The van der Waals surface area contributed by atoms with Gasteiger partial charge in [0.05, 0.1) is 26.9 Å². The second-order valence-corrected chi connectivity index (χ2v) is 7.49. The van der Waals surface area contributed by atoms with Gasteiger partial charge < -0.3 is 57.3 Å². The van der Waals surface area contributed by atoms with Crippen LogP contribution in [0.25, 0.3) is 0 Å². The van der Waals surface area contributed by atoms with Crippen molar-refractivity contribution < 1.29 is 66.9 Å². The molecule has 2 aromatic rings. The topological polar surface area (TPSA) is 288 Å². The van der Waals surface area contributed by atoms with E-state index < -0.39 is 11.6 Å². The molecule has 1 aliphatic rings. The number of phenols is 3. The molecule has 0 saturated heterocycles. The molecule has 13 heteroatoms. The third kappa shape index (κ3) is 11.5. The Kier molecular flexibility index (Phi) is 21.0. The molecule has 0 aliphatic heterocycles. The zero-order chi connectivity index (χ0) is 26.0. The Morgan fingerprint density at radius 3 is 1.63 bits per heavy atom. The fourth-order valence-electron chi connectivity index (χ4n) is 2.98. The molecule has 2 aromatic carbocycles. The normalized spacial score (nSPS) is 11.2. The Hall–Kier alpha value is -3.82. The maximum Gasteiger partial charge on any atom is 0.231 e. The number of methoxy groups -OCH3 is 1. The van der Waals surface area contributed by atoms with Crippen LogP contribution < -0.4 is 4.74 Å². The molecule has 0 spiro atoms. The first-order chi connectivity index (χ1) is 16.0. The van der Waals surface area contributed by atoms with Crippen LogP contribution in [-0.4, -0.2) is 77.8 Å². The fraction of sp³-hybridized carbons (Fsp3) is 0.280. The quantitative estimate of drug-likeness (QED) is 0.170. The van der Waals surface area contributed by atoms with Crippen LogP contribution in [0.5, 0.6) is 23.0 Å². The van der Waals surface area contributed by atoms with Crippen LogP contribution in [0.15, 0.2) is 47.6 Å². The van der Waals surface area contributed by atoms with Gasteiger partial charge in [-0.25, -0.2) is 0 Å². The molecule has 0 bridgehead atoms. The lowest BCUT2D eigenvalue weighted by Gasteiger charge is -2.08. The van der Waals surface area contributed by atoms with Gasteiger partial charge in [-0.1, -0.05) is 0 Å². The van der Waals surface area contributed by atoms with Crippen molar-refractivity contribution in [2.45, 2.75) is 34.0 Å². The van der Waals surface area contributed by atoms with Gasteiger partial charge in [0, 0.05) is 16.7 Å². The summed E-state index contributed by atoms with van der Waals surface area (Å²) in [5.41, 5.74) is 3.49. The van der Waals surface area contributed by atoms with Crippen molar-refractivity contribution in [2.24, 2.45) is 0 Å². The van der Waals surface area contributed by atoms with Crippen molar-refractivity contribution in [3.05, 3.63) is 69.8 Å². The molecule has 13 nitrogen and oxygen atoms in total. The van der Waals surface area contributed by atoms with Crippen molar-refractivity contribution in [1.82, 2.24) is 0 Å². The summed E-state index contributed by atoms with van der Waals surface area (Å²) in [5.74, 6) is -1.15. The van der Waals surface area contributed by atoms with E-state index in [9.17, 15) is 14.7 Å². The number of ketones is 2. The molecule has 0 heterocycles. The number of ether oxygens (including phenoxy) is 1. The minimum absolute atomic E-state index is 0. The molecule has 12 N–H and O–H groups in total. The summed E-state index contributed by atoms with van der Waals surface area (Å²) in [5, 5.41) is 53.8. The van der Waals surface area contributed by atoms with E-state index in [1.807, 2.05) is 6.92 Å². The number of allylic oxidation sites excluding steroid dienone is 3. The number of benzene rings is 2. The first-order valence-corrected chi connectivity index (χ1v) is 10.2. The molecule has 0 fully saturated rings. The molecule has 0 aromatic heterocycles. The molecule has 0 unspecified atom stereocenters. The lowest BCUT2D eigenvalue weighted by atomic mass is 9.99. The van der Waals surface area contributed by atoms with E-state index in [4.69, 9.17) is 30.3 Å². The van der Waals surface area contributed by atoms with Crippen molar-refractivity contribution in [1.29, 1.82) is 0 Å².